The van der Waals surface area contributed by atoms with Gasteiger partial charge < -0.3 is 14.8 Å². The highest BCUT2D eigenvalue weighted by Crippen LogP contribution is 2.06. The molecule has 0 aliphatic heterocycles. The largest absolute Gasteiger partial charge is 0.444 e. The van der Waals surface area contributed by atoms with Crippen molar-refractivity contribution < 1.29 is 14.3 Å². The molecule has 1 unspecified atom stereocenters. The van der Waals surface area contributed by atoms with Crippen LogP contribution < -0.4 is 5.32 Å². The number of carbonyl (C=O) groups excluding carboxylic acids is 2. The van der Waals surface area contributed by atoms with E-state index in [-0.39, 0.29) is 6.42 Å². The van der Waals surface area contributed by atoms with Crippen molar-refractivity contribution in [2.45, 2.75) is 38.8 Å². The summed E-state index contributed by atoms with van der Waals surface area (Å²) >= 11 is 0. The monoisotopic (exact) mass is 197 g/mol. The summed E-state index contributed by atoms with van der Waals surface area (Å²) in [6.07, 6.45) is 5.13. The Morgan fingerprint density at radius 1 is 1.64 bits per heavy atom. The summed E-state index contributed by atoms with van der Waals surface area (Å²) in [4.78, 5) is 21.6. The second kappa shape index (κ2) is 5.28. The maximum atomic E-state index is 11.1. The molecule has 14 heavy (non-hydrogen) atoms. The molecule has 0 bridgehead atoms. The maximum absolute atomic E-state index is 11.1. The third-order valence-electron chi connectivity index (χ3n) is 1.20. The molecule has 0 aliphatic carbocycles. The SMILES string of the molecule is C#CCC(C=O)NC(=O)OC(C)(C)C. The Labute approximate surface area is 84.0 Å². The first-order valence-corrected chi connectivity index (χ1v) is 4.27. The van der Waals surface area contributed by atoms with Crippen LogP contribution in [-0.2, 0) is 9.53 Å². The van der Waals surface area contributed by atoms with Crippen LogP contribution in [0, 0.1) is 12.3 Å². The lowest BCUT2D eigenvalue weighted by atomic mass is 10.2. The summed E-state index contributed by atoms with van der Waals surface area (Å²) < 4.78 is 4.94. The Balaban J connectivity index is 4.05. The molecule has 0 fully saturated rings. The number of amides is 1. The summed E-state index contributed by atoms with van der Waals surface area (Å²) in [5.74, 6) is 2.29. The summed E-state index contributed by atoms with van der Waals surface area (Å²) in [6, 6.07) is -0.671. The second-order valence-corrected chi connectivity index (χ2v) is 3.80. The van der Waals surface area contributed by atoms with Gasteiger partial charge in [-0.15, -0.1) is 12.3 Å². The molecule has 1 atom stereocenters. The Bertz CT molecular complexity index is 247. The number of rotatable bonds is 3. The minimum atomic E-state index is -0.671. The lowest BCUT2D eigenvalue weighted by Gasteiger charge is -2.20. The van der Waals surface area contributed by atoms with Crippen LogP contribution in [0.1, 0.15) is 27.2 Å². The van der Waals surface area contributed by atoms with Gasteiger partial charge in [-0.3, -0.25) is 0 Å². The van der Waals surface area contributed by atoms with Gasteiger partial charge in [0.25, 0.3) is 0 Å². The number of hydrogen-bond acceptors (Lipinski definition) is 3. The molecule has 0 heterocycles. The minimum absolute atomic E-state index is 0.169. The fraction of sp³-hybridized carbons (Fsp3) is 0.600. The van der Waals surface area contributed by atoms with Gasteiger partial charge in [-0.25, -0.2) is 4.79 Å². The highest BCUT2D eigenvalue weighted by atomic mass is 16.6. The fourth-order valence-electron chi connectivity index (χ4n) is 0.719. The first-order chi connectivity index (χ1) is 6.39. The van der Waals surface area contributed by atoms with Crippen LogP contribution in [-0.4, -0.2) is 24.0 Å². The zero-order valence-corrected chi connectivity index (χ0v) is 8.66. The Morgan fingerprint density at radius 3 is 2.57 bits per heavy atom. The van der Waals surface area contributed by atoms with Gasteiger partial charge in [-0.05, 0) is 20.8 Å². The third kappa shape index (κ3) is 6.06. The second-order valence-electron chi connectivity index (χ2n) is 3.80. The standard InChI is InChI=1S/C10H15NO3/c1-5-6-8(7-12)11-9(13)14-10(2,3)4/h1,7-8H,6H2,2-4H3,(H,11,13). The quantitative estimate of drug-likeness (QED) is 0.544. The Morgan fingerprint density at radius 2 is 2.21 bits per heavy atom. The summed E-state index contributed by atoms with van der Waals surface area (Å²) in [5.41, 5.74) is -0.576. The van der Waals surface area contributed by atoms with E-state index in [2.05, 4.69) is 11.2 Å². The predicted molar refractivity (Wildman–Crippen MR) is 52.7 cm³/mol. The van der Waals surface area contributed by atoms with Gasteiger partial charge in [0.05, 0.1) is 6.04 Å². The number of ether oxygens (including phenoxy) is 1. The summed E-state index contributed by atoms with van der Waals surface area (Å²) in [7, 11) is 0. The molecule has 0 rings (SSSR count). The van der Waals surface area contributed by atoms with Gasteiger partial charge in [-0.2, -0.15) is 0 Å². The molecule has 0 radical (unpaired) electrons. The number of hydrogen-bond donors (Lipinski definition) is 1. The minimum Gasteiger partial charge on any atom is -0.444 e. The van der Waals surface area contributed by atoms with Crippen molar-refractivity contribution in [1.82, 2.24) is 5.32 Å². The average Bonchev–Trinajstić information content (AvgIpc) is 2.00. The number of carbonyl (C=O) groups is 2. The van der Waals surface area contributed by atoms with Crippen LogP contribution in [0.4, 0.5) is 4.79 Å². The Kier molecular flexibility index (Phi) is 4.71. The predicted octanol–water partition coefficient (Wildman–Crippen LogP) is 1.10. The Hall–Kier alpha value is -1.50. The van der Waals surface area contributed by atoms with E-state index in [1.54, 1.807) is 20.8 Å². The lowest BCUT2D eigenvalue weighted by molar-refractivity contribution is -0.109. The van der Waals surface area contributed by atoms with Crippen LogP contribution in [0.5, 0.6) is 0 Å². The van der Waals surface area contributed by atoms with Gasteiger partial charge >= 0.3 is 6.09 Å². The molecular formula is C10H15NO3. The van der Waals surface area contributed by atoms with Gasteiger partial charge in [0, 0.05) is 6.42 Å². The van der Waals surface area contributed by atoms with E-state index in [0.29, 0.717) is 6.29 Å². The lowest BCUT2D eigenvalue weighted by Crippen LogP contribution is -2.39. The van der Waals surface area contributed by atoms with E-state index in [9.17, 15) is 9.59 Å². The van der Waals surface area contributed by atoms with E-state index in [0.717, 1.165) is 0 Å². The normalized spacial score (nSPS) is 12.4. The molecule has 1 amide bonds. The molecule has 0 saturated heterocycles. The molecule has 4 nitrogen and oxygen atoms in total. The smallest absolute Gasteiger partial charge is 0.408 e. The molecule has 0 aromatic carbocycles. The molecular weight excluding hydrogens is 182 g/mol. The van der Waals surface area contributed by atoms with Gasteiger partial charge in [0.1, 0.15) is 11.9 Å². The molecule has 4 heteroatoms. The zero-order valence-electron chi connectivity index (χ0n) is 8.66. The molecule has 78 valence electrons. The first-order valence-electron chi connectivity index (χ1n) is 4.27. The molecule has 0 aromatic rings. The van der Waals surface area contributed by atoms with Gasteiger partial charge in [-0.1, -0.05) is 0 Å². The van der Waals surface area contributed by atoms with E-state index in [1.807, 2.05) is 0 Å². The number of alkyl carbamates (subject to hydrolysis) is 1. The van der Waals surface area contributed by atoms with Gasteiger partial charge in [0.15, 0.2) is 0 Å². The number of aldehydes is 1. The zero-order chi connectivity index (χ0) is 11.2. The maximum Gasteiger partial charge on any atom is 0.408 e. The van der Waals surface area contributed by atoms with Crippen LogP contribution in [0.15, 0.2) is 0 Å². The van der Waals surface area contributed by atoms with Crippen LogP contribution in [0.3, 0.4) is 0 Å². The van der Waals surface area contributed by atoms with Crippen LogP contribution >= 0.6 is 0 Å². The topological polar surface area (TPSA) is 55.4 Å². The van der Waals surface area contributed by atoms with Crippen molar-refractivity contribution in [2.24, 2.45) is 0 Å². The van der Waals surface area contributed by atoms with E-state index in [1.165, 1.54) is 0 Å². The molecule has 0 spiro atoms. The highest BCUT2D eigenvalue weighted by Gasteiger charge is 2.18. The summed E-state index contributed by atoms with van der Waals surface area (Å²) in [5, 5.41) is 2.35. The van der Waals surface area contributed by atoms with Crippen molar-refractivity contribution >= 4 is 12.4 Å². The van der Waals surface area contributed by atoms with Crippen molar-refractivity contribution in [1.29, 1.82) is 0 Å². The molecule has 0 saturated carbocycles. The molecule has 0 aliphatic rings. The third-order valence-corrected chi connectivity index (χ3v) is 1.20. The fourth-order valence-corrected chi connectivity index (χ4v) is 0.719. The highest BCUT2D eigenvalue weighted by molar-refractivity contribution is 5.73. The van der Waals surface area contributed by atoms with E-state index in [4.69, 9.17) is 11.2 Å². The average molecular weight is 197 g/mol. The van der Waals surface area contributed by atoms with E-state index >= 15 is 0 Å². The summed E-state index contributed by atoms with van der Waals surface area (Å²) in [6.45, 7) is 5.22. The van der Waals surface area contributed by atoms with Crippen LogP contribution in [0.25, 0.3) is 0 Å². The van der Waals surface area contributed by atoms with Crippen molar-refractivity contribution in [3.05, 3.63) is 0 Å². The van der Waals surface area contributed by atoms with Crippen molar-refractivity contribution in [3.8, 4) is 12.3 Å². The number of nitrogens with one attached hydrogen (secondary N) is 1. The number of terminal acetylenes is 1. The van der Waals surface area contributed by atoms with E-state index < -0.39 is 17.7 Å². The van der Waals surface area contributed by atoms with Gasteiger partial charge in [0.2, 0.25) is 0 Å². The first kappa shape index (κ1) is 12.5. The molecule has 1 N–H and O–H groups in total. The molecule has 0 aromatic heterocycles. The van der Waals surface area contributed by atoms with Crippen LogP contribution in [0.2, 0.25) is 0 Å². The van der Waals surface area contributed by atoms with Crippen molar-refractivity contribution in [2.75, 3.05) is 0 Å². The van der Waals surface area contributed by atoms with Crippen molar-refractivity contribution in [3.63, 3.8) is 0 Å².